The molecule has 0 saturated heterocycles. The Kier molecular flexibility index (Phi) is 4.88. The number of thiazole rings is 1. The minimum Gasteiger partial charge on any atom is -0.350 e. The lowest BCUT2D eigenvalue weighted by Gasteiger charge is -2.06. The van der Waals surface area contributed by atoms with Gasteiger partial charge >= 0.3 is 6.18 Å². The van der Waals surface area contributed by atoms with Crippen molar-refractivity contribution < 1.29 is 18.0 Å². The van der Waals surface area contributed by atoms with Crippen LogP contribution in [0, 0.1) is 0 Å². The van der Waals surface area contributed by atoms with Gasteiger partial charge in [0.1, 0.15) is 5.69 Å². The highest BCUT2D eigenvalue weighted by Crippen LogP contribution is 2.18. The summed E-state index contributed by atoms with van der Waals surface area (Å²) in [7, 11) is 0. The first kappa shape index (κ1) is 13.9. The van der Waals surface area contributed by atoms with Crippen molar-refractivity contribution in [3.8, 4) is 0 Å². The van der Waals surface area contributed by atoms with E-state index in [2.05, 4.69) is 10.3 Å². The van der Waals surface area contributed by atoms with E-state index < -0.39 is 25.0 Å². The van der Waals surface area contributed by atoms with Gasteiger partial charge in [0.15, 0.2) is 0 Å². The molecule has 1 rings (SSSR count). The molecule has 0 aliphatic rings. The number of alkyl halides is 3. The van der Waals surface area contributed by atoms with Gasteiger partial charge in [0.2, 0.25) is 0 Å². The van der Waals surface area contributed by atoms with E-state index in [1.54, 1.807) is 0 Å². The number of carbonyl (C=O) groups excluding carboxylic acids is 1. The lowest BCUT2D eigenvalue weighted by Crippen LogP contribution is -2.28. The number of nitrogens with one attached hydrogen (secondary N) is 1. The molecule has 0 atom stereocenters. The lowest BCUT2D eigenvalue weighted by atomic mass is 10.4. The van der Waals surface area contributed by atoms with Crippen molar-refractivity contribution in [1.29, 1.82) is 0 Å². The Bertz CT molecular complexity index is 378. The third-order valence-corrected chi connectivity index (χ3v) is 2.75. The van der Waals surface area contributed by atoms with Crippen LogP contribution in [0.1, 0.15) is 21.9 Å². The molecular formula is C9H12F3N3OS. The number of hydrogen-bond donors (Lipinski definition) is 2. The highest BCUT2D eigenvalue weighted by molar-refractivity contribution is 7.09. The third kappa shape index (κ3) is 5.14. The topological polar surface area (TPSA) is 68.0 Å². The monoisotopic (exact) mass is 267 g/mol. The Labute approximate surface area is 100 Å². The third-order valence-electron chi connectivity index (χ3n) is 1.84. The Balaban J connectivity index is 2.41. The van der Waals surface area contributed by atoms with Crippen molar-refractivity contribution in [2.45, 2.75) is 19.0 Å². The second-order valence-corrected chi connectivity index (χ2v) is 4.23. The molecule has 0 saturated carbocycles. The first-order valence-electron chi connectivity index (χ1n) is 4.92. The average molecular weight is 267 g/mol. The van der Waals surface area contributed by atoms with E-state index in [9.17, 15) is 18.0 Å². The molecule has 1 heterocycles. The van der Waals surface area contributed by atoms with Gasteiger partial charge in [0, 0.05) is 18.3 Å². The minimum atomic E-state index is -4.26. The molecule has 0 unspecified atom stereocenters. The fraction of sp³-hybridized carbons (Fsp3) is 0.556. The maximum absolute atomic E-state index is 11.8. The van der Waals surface area contributed by atoms with Gasteiger partial charge < -0.3 is 11.1 Å². The van der Waals surface area contributed by atoms with Gasteiger partial charge in [0.25, 0.3) is 5.91 Å². The van der Waals surface area contributed by atoms with Crippen molar-refractivity contribution in [1.82, 2.24) is 10.3 Å². The summed E-state index contributed by atoms with van der Waals surface area (Å²) >= 11 is 1.27. The highest BCUT2D eigenvalue weighted by Gasteiger charge is 2.26. The molecule has 4 nitrogen and oxygen atoms in total. The fourth-order valence-corrected chi connectivity index (χ4v) is 1.86. The van der Waals surface area contributed by atoms with E-state index in [1.165, 1.54) is 16.7 Å². The van der Waals surface area contributed by atoms with E-state index in [4.69, 9.17) is 5.73 Å². The maximum Gasteiger partial charge on any atom is 0.390 e. The van der Waals surface area contributed by atoms with Crippen molar-refractivity contribution >= 4 is 17.2 Å². The van der Waals surface area contributed by atoms with Gasteiger partial charge in [-0.2, -0.15) is 13.2 Å². The molecule has 96 valence electrons. The van der Waals surface area contributed by atoms with Gasteiger partial charge in [-0.05, 0) is 6.54 Å². The Hall–Kier alpha value is -1.15. The predicted molar refractivity (Wildman–Crippen MR) is 57.9 cm³/mol. The molecule has 0 aliphatic carbocycles. The maximum atomic E-state index is 11.8. The van der Waals surface area contributed by atoms with Crippen LogP contribution in [0.25, 0.3) is 0 Å². The second kappa shape index (κ2) is 5.97. The molecule has 1 aromatic heterocycles. The Morgan fingerprint density at radius 1 is 1.53 bits per heavy atom. The van der Waals surface area contributed by atoms with E-state index in [1.807, 2.05) is 0 Å². The van der Waals surface area contributed by atoms with Crippen molar-refractivity contribution in [2.24, 2.45) is 5.73 Å². The van der Waals surface area contributed by atoms with Crippen LogP contribution in [0.4, 0.5) is 13.2 Å². The van der Waals surface area contributed by atoms with Gasteiger partial charge in [-0.15, -0.1) is 11.3 Å². The van der Waals surface area contributed by atoms with Crippen LogP contribution < -0.4 is 11.1 Å². The molecule has 0 aliphatic heterocycles. The minimum absolute atomic E-state index is 0.139. The summed E-state index contributed by atoms with van der Waals surface area (Å²) in [5.41, 5.74) is 5.45. The number of rotatable bonds is 5. The number of amides is 1. The summed E-state index contributed by atoms with van der Waals surface area (Å²) < 4.78 is 35.5. The molecule has 0 spiro atoms. The normalized spacial score (nSPS) is 11.5. The van der Waals surface area contributed by atoms with E-state index >= 15 is 0 Å². The van der Waals surface area contributed by atoms with Crippen LogP contribution >= 0.6 is 11.3 Å². The van der Waals surface area contributed by atoms with E-state index in [-0.39, 0.29) is 5.69 Å². The van der Waals surface area contributed by atoms with E-state index in [0.717, 1.165) is 0 Å². The van der Waals surface area contributed by atoms with Crippen molar-refractivity contribution in [3.05, 3.63) is 16.1 Å². The van der Waals surface area contributed by atoms with Crippen LogP contribution in [-0.4, -0.2) is 30.2 Å². The Morgan fingerprint density at radius 2 is 2.24 bits per heavy atom. The van der Waals surface area contributed by atoms with Gasteiger partial charge in [-0.1, -0.05) is 0 Å². The van der Waals surface area contributed by atoms with Gasteiger partial charge in [-0.25, -0.2) is 4.98 Å². The number of hydrogen-bond acceptors (Lipinski definition) is 4. The zero-order valence-electron chi connectivity index (χ0n) is 8.88. The standard InChI is InChI=1S/C9H12F3N3OS/c10-9(11,12)2-4-14-8(16)6-5-17-7(15-6)1-3-13/h5H,1-4,13H2,(H,14,16). The number of nitrogens with two attached hydrogens (primary N) is 1. The van der Waals surface area contributed by atoms with Gasteiger partial charge in [-0.3, -0.25) is 4.79 Å². The molecule has 1 aromatic rings. The Morgan fingerprint density at radius 3 is 2.82 bits per heavy atom. The van der Waals surface area contributed by atoms with Gasteiger partial charge in [0.05, 0.1) is 11.4 Å². The first-order chi connectivity index (χ1) is 7.92. The number of aromatic nitrogens is 1. The molecule has 17 heavy (non-hydrogen) atoms. The predicted octanol–water partition coefficient (Wildman–Crippen LogP) is 1.33. The quantitative estimate of drug-likeness (QED) is 0.845. The summed E-state index contributed by atoms with van der Waals surface area (Å²) in [5.74, 6) is -0.589. The molecule has 1 amide bonds. The summed E-state index contributed by atoms with van der Waals surface area (Å²) in [6.45, 7) is -0.0191. The number of nitrogens with zero attached hydrogens (tertiary/aromatic N) is 1. The molecule has 0 bridgehead atoms. The second-order valence-electron chi connectivity index (χ2n) is 3.29. The fourth-order valence-electron chi connectivity index (χ4n) is 1.06. The smallest absolute Gasteiger partial charge is 0.350 e. The van der Waals surface area contributed by atoms with Crippen molar-refractivity contribution in [3.63, 3.8) is 0 Å². The first-order valence-corrected chi connectivity index (χ1v) is 5.80. The molecule has 0 aromatic carbocycles. The number of carbonyl (C=O) groups is 1. The molecule has 8 heteroatoms. The largest absolute Gasteiger partial charge is 0.390 e. The summed E-state index contributed by atoms with van der Waals surface area (Å²) in [6, 6.07) is 0. The van der Waals surface area contributed by atoms with Crippen LogP contribution in [0.2, 0.25) is 0 Å². The molecular weight excluding hydrogens is 255 g/mol. The van der Waals surface area contributed by atoms with Crippen LogP contribution in [0.5, 0.6) is 0 Å². The molecule has 0 radical (unpaired) electrons. The SMILES string of the molecule is NCCc1nc(C(=O)NCCC(F)(F)F)cs1. The summed E-state index contributed by atoms with van der Waals surface area (Å²) in [5, 5.41) is 4.38. The molecule has 0 fully saturated rings. The average Bonchev–Trinajstić information content (AvgIpc) is 2.65. The van der Waals surface area contributed by atoms with Crippen LogP contribution in [0.3, 0.4) is 0 Å². The zero-order valence-corrected chi connectivity index (χ0v) is 9.70. The number of halogens is 3. The van der Waals surface area contributed by atoms with Crippen LogP contribution in [-0.2, 0) is 6.42 Å². The summed E-state index contributed by atoms with van der Waals surface area (Å²) in [4.78, 5) is 15.3. The highest BCUT2D eigenvalue weighted by atomic mass is 32.1. The van der Waals surface area contributed by atoms with E-state index in [0.29, 0.717) is 18.0 Å². The lowest BCUT2D eigenvalue weighted by molar-refractivity contribution is -0.132. The summed E-state index contributed by atoms with van der Waals surface area (Å²) in [6.07, 6.45) is -4.75. The molecule has 3 N–H and O–H groups in total. The van der Waals surface area contributed by atoms with Crippen LogP contribution in [0.15, 0.2) is 5.38 Å². The zero-order chi connectivity index (χ0) is 12.9. The van der Waals surface area contributed by atoms with Crippen molar-refractivity contribution in [2.75, 3.05) is 13.1 Å².